The summed E-state index contributed by atoms with van der Waals surface area (Å²) in [5.74, 6) is -0.560. The topological polar surface area (TPSA) is 286 Å². The first-order valence-electron chi connectivity index (χ1n) is 24.5. The normalized spacial score (nSPS) is 20.7. The van der Waals surface area contributed by atoms with Gasteiger partial charge in [-0.25, -0.2) is 13.9 Å². The number of nitrogens with zero attached hydrogens (tertiary/aromatic N) is 2. The van der Waals surface area contributed by atoms with Crippen molar-refractivity contribution in [3.8, 4) is 0 Å². The van der Waals surface area contributed by atoms with Crippen LogP contribution in [0.5, 0.6) is 0 Å². The summed E-state index contributed by atoms with van der Waals surface area (Å²) in [6, 6.07) is 1.24. The van der Waals surface area contributed by atoms with E-state index in [1.807, 2.05) is 37.3 Å². The number of esters is 2. The zero-order valence-corrected chi connectivity index (χ0v) is 42.2. The molecule has 0 aliphatic carbocycles. The van der Waals surface area contributed by atoms with Crippen LogP contribution >= 0.6 is 15.6 Å². The van der Waals surface area contributed by atoms with Crippen molar-refractivity contribution < 1.29 is 71.4 Å². The molecule has 0 radical (unpaired) electrons. The summed E-state index contributed by atoms with van der Waals surface area (Å²) in [7, 11) is -10.9. The summed E-state index contributed by atoms with van der Waals surface area (Å²) >= 11 is 0. The van der Waals surface area contributed by atoms with Crippen molar-refractivity contribution in [2.24, 2.45) is 5.92 Å². The number of anilines is 1. The first-order valence-corrected chi connectivity index (χ1v) is 27.5. The first kappa shape index (κ1) is 61.1. The summed E-state index contributed by atoms with van der Waals surface area (Å²) in [5.41, 5.74) is 4.58. The van der Waals surface area contributed by atoms with Crippen molar-refractivity contribution in [1.82, 2.24) is 9.55 Å². The van der Waals surface area contributed by atoms with Crippen LogP contribution in [-0.4, -0.2) is 96.9 Å². The zero-order chi connectivity index (χ0) is 50.2. The summed E-state index contributed by atoms with van der Waals surface area (Å²) in [4.78, 5) is 61.8. The molecule has 390 valence electrons. The van der Waals surface area contributed by atoms with E-state index in [4.69, 9.17) is 29.0 Å². The SMILES string of the molecule is CC/C=C/CC(O)/C=C/C=C/CCCCCCCC(=O)OC[C@H](COP(=O)(O)OP(=O)(O)OC[C@H]1O[C@@H](n2ccc(N)nc2=O)[C@H](O)[C@@H]1O)OC(=O)CCCCCCCCCCCCC(C)CC. The number of nitrogens with two attached hydrogens (primary N) is 1. The number of phosphoric ester groups is 2. The number of carbonyl (C=O) groups excluding carboxylic acids is 2. The standard InChI is InChI=1S/C47H81N3O16P2/c1-4-6-22-28-38(51)29-24-19-15-11-9-13-16-20-25-30-42(52)61-34-39(64-43(53)31-26-21-17-12-8-7-10-14-18-23-27-37(3)5-2)35-62-67(57,58)66-68(59,60)63-36-40-44(54)45(55)46(65-40)50-33-32-41(48)49-47(50)56/h6,15,19,22,24,29,32-33,37-40,44-46,51,54-55H,4-5,7-14,16-18,20-21,23,25-28,30-31,34-36H2,1-3H3,(H,57,58)(H,59,60)(H2,48,49,56)/b19-15+,22-6+,29-24+/t37?,38?,39-,40-,44-,45-,46-/m1/s1. The zero-order valence-electron chi connectivity index (χ0n) is 40.4. The number of nitrogen functional groups attached to an aromatic ring is 1. The van der Waals surface area contributed by atoms with Gasteiger partial charge >= 0.3 is 33.3 Å². The number of carbonyl (C=O) groups is 2. The molecule has 1 aromatic rings. The third-order valence-corrected chi connectivity index (χ3v) is 14.0. The van der Waals surface area contributed by atoms with Gasteiger partial charge in [-0.15, -0.1) is 0 Å². The van der Waals surface area contributed by atoms with E-state index < -0.39 is 89.8 Å². The van der Waals surface area contributed by atoms with E-state index in [-0.39, 0.29) is 18.7 Å². The van der Waals surface area contributed by atoms with Crippen molar-refractivity contribution in [1.29, 1.82) is 0 Å². The Labute approximate surface area is 402 Å². The first-order chi connectivity index (χ1) is 32.5. The van der Waals surface area contributed by atoms with Crippen molar-refractivity contribution >= 4 is 33.4 Å². The highest BCUT2D eigenvalue weighted by molar-refractivity contribution is 7.61. The summed E-state index contributed by atoms with van der Waals surface area (Å²) in [6.07, 6.45) is 24.2. The summed E-state index contributed by atoms with van der Waals surface area (Å²) < 4.78 is 56.7. The van der Waals surface area contributed by atoms with Gasteiger partial charge in [0.25, 0.3) is 0 Å². The van der Waals surface area contributed by atoms with Crippen LogP contribution in [-0.2, 0) is 46.3 Å². The molecule has 0 spiro atoms. The summed E-state index contributed by atoms with van der Waals surface area (Å²) in [6.45, 7) is 4.22. The molecular weight excluding hydrogens is 924 g/mol. The van der Waals surface area contributed by atoms with E-state index in [9.17, 15) is 48.6 Å². The molecule has 4 unspecified atom stereocenters. The average molecular weight is 1010 g/mol. The number of unbranched alkanes of at least 4 members (excludes halogenated alkanes) is 14. The second-order valence-electron chi connectivity index (χ2n) is 17.4. The van der Waals surface area contributed by atoms with Crippen molar-refractivity contribution in [3.63, 3.8) is 0 Å². The minimum absolute atomic E-state index is 0.0360. The van der Waals surface area contributed by atoms with Gasteiger partial charge in [-0.05, 0) is 50.5 Å². The number of hydrogen-bond acceptors (Lipinski definition) is 16. The van der Waals surface area contributed by atoms with Crippen LogP contribution in [0, 0.1) is 5.92 Å². The predicted octanol–water partition coefficient (Wildman–Crippen LogP) is 8.44. The molecular formula is C47H81N3O16P2. The summed E-state index contributed by atoms with van der Waals surface area (Å²) in [5, 5.41) is 30.8. The Morgan fingerprint density at radius 1 is 0.824 bits per heavy atom. The maximum absolute atomic E-state index is 12.8. The molecule has 1 saturated heterocycles. The molecule has 1 aliphatic rings. The van der Waals surface area contributed by atoms with Crippen LogP contribution < -0.4 is 11.4 Å². The molecule has 21 heteroatoms. The lowest BCUT2D eigenvalue weighted by molar-refractivity contribution is -0.161. The van der Waals surface area contributed by atoms with Crippen LogP contribution in [0.1, 0.15) is 168 Å². The van der Waals surface area contributed by atoms with Gasteiger partial charge in [0, 0.05) is 19.0 Å². The van der Waals surface area contributed by atoms with Gasteiger partial charge in [-0.3, -0.25) is 23.2 Å². The van der Waals surface area contributed by atoms with E-state index >= 15 is 0 Å². The quantitative estimate of drug-likeness (QED) is 0.0119. The lowest BCUT2D eigenvalue weighted by atomic mass is 9.99. The van der Waals surface area contributed by atoms with E-state index in [2.05, 4.69) is 23.1 Å². The van der Waals surface area contributed by atoms with Crippen LogP contribution in [0.4, 0.5) is 5.82 Å². The Hall–Kier alpha value is -3.06. The number of phosphoric acid groups is 2. The number of ether oxygens (including phenoxy) is 3. The fourth-order valence-corrected chi connectivity index (χ4v) is 9.26. The van der Waals surface area contributed by atoms with Gasteiger partial charge in [0.05, 0.1) is 19.3 Å². The molecule has 68 heavy (non-hydrogen) atoms. The maximum Gasteiger partial charge on any atom is 0.481 e. The third-order valence-electron chi connectivity index (χ3n) is 11.4. The number of aliphatic hydroxyl groups is 3. The molecule has 1 aromatic heterocycles. The van der Waals surface area contributed by atoms with E-state index in [1.54, 1.807) is 6.08 Å². The molecule has 0 aromatic carbocycles. The van der Waals surface area contributed by atoms with Gasteiger partial charge in [0.1, 0.15) is 30.7 Å². The Balaban J connectivity index is 1.83. The van der Waals surface area contributed by atoms with Crippen molar-refractivity contribution in [2.75, 3.05) is 25.6 Å². The highest BCUT2D eigenvalue weighted by Crippen LogP contribution is 2.60. The van der Waals surface area contributed by atoms with Crippen LogP contribution in [0.15, 0.2) is 53.5 Å². The Morgan fingerprint density at radius 2 is 1.43 bits per heavy atom. The molecule has 9 atom stereocenters. The molecule has 7 N–H and O–H groups in total. The monoisotopic (exact) mass is 1010 g/mol. The smallest absolute Gasteiger partial charge is 0.462 e. The largest absolute Gasteiger partial charge is 0.481 e. The van der Waals surface area contributed by atoms with Crippen LogP contribution in [0.3, 0.4) is 0 Å². The second kappa shape index (κ2) is 35.1. The number of hydrogen-bond donors (Lipinski definition) is 6. The number of rotatable bonds is 39. The van der Waals surface area contributed by atoms with Crippen LogP contribution in [0.25, 0.3) is 0 Å². The van der Waals surface area contributed by atoms with Gasteiger partial charge in [-0.1, -0.05) is 147 Å². The molecule has 2 heterocycles. The minimum atomic E-state index is -5.43. The number of aliphatic hydroxyl groups excluding tert-OH is 3. The average Bonchev–Trinajstić information content (AvgIpc) is 3.57. The van der Waals surface area contributed by atoms with E-state index in [0.717, 1.165) is 80.9 Å². The molecule has 0 amide bonds. The Bertz CT molecular complexity index is 1810. The van der Waals surface area contributed by atoms with E-state index in [0.29, 0.717) is 19.3 Å². The lowest BCUT2D eigenvalue weighted by Crippen LogP contribution is -2.36. The molecule has 0 saturated carbocycles. The Kier molecular flexibility index (Phi) is 31.5. The Morgan fingerprint density at radius 3 is 2.06 bits per heavy atom. The molecule has 19 nitrogen and oxygen atoms in total. The molecule has 1 aliphatic heterocycles. The minimum Gasteiger partial charge on any atom is -0.462 e. The highest BCUT2D eigenvalue weighted by Gasteiger charge is 2.46. The molecule has 2 rings (SSSR count). The molecule has 0 bridgehead atoms. The van der Waals surface area contributed by atoms with Crippen LogP contribution in [0.2, 0.25) is 0 Å². The van der Waals surface area contributed by atoms with Gasteiger partial charge < -0.3 is 45.1 Å². The van der Waals surface area contributed by atoms with Crippen molar-refractivity contribution in [2.45, 2.75) is 199 Å². The number of allylic oxidation sites excluding steroid dienone is 4. The van der Waals surface area contributed by atoms with Gasteiger partial charge in [0.15, 0.2) is 12.3 Å². The lowest BCUT2D eigenvalue weighted by Gasteiger charge is -2.21. The van der Waals surface area contributed by atoms with Gasteiger partial charge in [0.2, 0.25) is 0 Å². The van der Waals surface area contributed by atoms with E-state index in [1.165, 1.54) is 51.0 Å². The van der Waals surface area contributed by atoms with Crippen molar-refractivity contribution in [3.05, 3.63) is 59.2 Å². The molecule has 1 fully saturated rings. The predicted molar refractivity (Wildman–Crippen MR) is 258 cm³/mol. The number of aromatic nitrogens is 2. The second-order valence-corrected chi connectivity index (χ2v) is 20.4. The fraction of sp³-hybridized carbons (Fsp3) is 0.745. The fourth-order valence-electron chi connectivity index (χ4n) is 7.15. The van der Waals surface area contributed by atoms with Gasteiger partial charge in [-0.2, -0.15) is 9.29 Å². The maximum atomic E-state index is 12.8. The highest BCUT2D eigenvalue weighted by atomic mass is 31.3. The third kappa shape index (κ3) is 28.0.